The van der Waals surface area contributed by atoms with Crippen molar-refractivity contribution in [2.45, 2.75) is 26.7 Å². The summed E-state index contributed by atoms with van der Waals surface area (Å²) in [7, 11) is 2.00. The molecule has 0 aromatic heterocycles. The average molecular weight is 226 g/mol. The second kappa shape index (κ2) is 5.53. The fourth-order valence-electron chi connectivity index (χ4n) is 1.75. The topological polar surface area (TPSA) is 12.0 Å². The molecule has 1 aromatic carbocycles. The van der Waals surface area contributed by atoms with Crippen LogP contribution in [0.1, 0.15) is 25.8 Å². The van der Waals surface area contributed by atoms with Crippen molar-refractivity contribution < 1.29 is 0 Å². The normalized spacial score (nSPS) is 11.7. The van der Waals surface area contributed by atoms with Gasteiger partial charge in [0.1, 0.15) is 0 Å². The van der Waals surface area contributed by atoms with Crippen LogP contribution in [-0.4, -0.2) is 13.6 Å². The molecule has 0 radical (unpaired) electrons. The molecule has 0 bridgehead atoms. The summed E-state index contributed by atoms with van der Waals surface area (Å²) in [5.74, 6) is 0. The van der Waals surface area contributed by atoms with Gasteiger partial charge in [-0.25, -0.2) is 0 Å². The minimum atomic E-state index is 0.327. The SMILES string of the molecule is CNCCC(C)(C)Cc1cccc(Cl)c1. The minimum absolute atomic E-state index is 0.327. The Labute approximate surface area is 97.8 Å². The fourth-order valence-corrected chi connectivity index (χ4v) is 1.96. The van der Waals surface area contributed by atoms with Gasteiger partial charge >= 0.3 is 0 Å². The Morgan fingerprint density at radius 2 is 2.07 bits per heavy atom. The van der Waals surface area contributed by atoms with E-state index in [1.807, 2.05) is 19.2 Å². The van der Waals surface area contributed by atoms with E-state index in [9.17, 15) is 0 Å². The predicted octanol–water partition coefficient (Wildman–Crippen LogP) is 3.52. The predicted molar refractivity (Wildman–Crippen MR) is 67.5 cm³/mol. The third kappa shape index (κ3) is 4.67. The summed E-state index contributed by atoms with van der Waals surface area (Å²) in [6, 6.07) is 8.15. The molecule has 15 heavy (non-hydrogen) atoms. The van der Waals surface area contributed by atoms with Crippen LogP contribution in [0.5, 0.6) is 0 Å². The third-order valence-corrected chi connectivity index (χ3v) is 2.86. The Bertz CT molecular complexity index is 307. The number of hydrogen-bond acceptors (Lipinski definition) is 1. The molecule has 0 saturated carbocycles. The van der Waals surface area contributed by atoms with E-state index in [4.69, 9.17) is 11.6 Å². The Morgan fingerprint density at radius 1 is 1.33 bits per heavy atom. The molecule has 1 nitrogen and oxygen atoms in total. The van der Waals surface area contributed by atoms with Crippen molar-refractivity contribution in [1.29, 1.82) is 0 Å². The first-order valence-corrected chi connectivity index (χ1v) is 5.80. The molecule has 2 heteroatoms. The van der Waals surface area contributed by atoms with Crippen LogP contribution in [0.3, 0.4) is 0 Å². The Hall–Kier alpha value is -0.530. The molecule has 0 saturated heterocycles. The summed E-state index contributed by atoms with van der Waals surface area (Å²) in [5.41, 5.74) is 1.65. The molecule has 0 spiro atoms. The number of hydrogen-bond donors (Lipinski definition) is 1. The summed E-state index contributed by atoms with van der Waals surface area (Å²) in [5, 5.41) is 4.03. The van der Waals surface area contributed by atoms with E-state index in [0.717, 1.165) is 18.0 Å². The van der Waals surface area contributed by atoms with Gasteiger partial charge in [0, 0.05) is 5.02 Å². The average Bonchev–Trinajstić information content (AvgIpc) is 2.14. The van der Waals surface area contributed by atoms with Crippen LogP contribution in [0.2, 0.25) is 5.02 Å². The smallest absolute Gasteiger partial charge is 0.0408 e. The van der Waals surface area contributed by atoms with Gasteiger partial charge in [-0.2, -0.15) is 0 Å². The Balaban J connectivity index is 2.60. The first-order chi connectivity index (χ1) is 7.03. The zero-order valence-corrected chi connectivity index (χ0v) is 10.6. The van der Waals surface area contributed by atoms with E-state index >= 15 is 0 Å². The molecule has 0 aliphatic heterocycles. The molecule has 0 atom stereocenters. The van der Waals surface area contributed by atoms with Crippen LogP contribution in [0, 0.1) is 5.41 Å². The zero-order valence-electron chi connectivity index (χ0n) is 9.81. The summed E-state index contributed by atoms with van der Waals surface area (Å²) in [6.45, 7) is 5.66. The lowest BCUT2D eigenvalue weighted by atomic mass is 9.83. The molecule has 0 aliphatic carbocycles. The summed E-state index contributed by atoms with van der Waals surface area (Å²) >= 11 is 5.97. The van der Waals surface area contributed by atoms with Crippen LogP contribution in [-0.2, 0) is 6.42 Å². The second-order valence-electron chi connectivity index (χ2n) is 4.82. The standard InChI is InChI=1S/C13H20ClN/c1-13(2,7-8-15-3)10-11-5-4-6-12(14)9-11/h4-6,9,15H,7-8,10H2,1-3H3. The molecular formula is C13H20ClN. The van der Waals surface area contributed by atoms with Gasteiger partial charge in [-0.15, -0.1) is 0 Å². The maximum absolute atomic E-state index is 5.97. The molecule has 0 amide bonds. The van der Waals surface area contributed by atoms with Gasteiger partial charge < -0.3 is 5.32 Å². The molecule has 0 unspecified atom stereocenters. The van der Waals surface area contributed by atoms with Crippen molar-refractivity contribution in [3.05, 3.63) is 34.9 Å². The van der Waals surface area contributed by atoms with Crippen LogP contribution in [0.25, 0.3) is 0 Å². The summed E-state index contributed by atoms with van der Waals surface area (Å²) in [6.07, 6.45) is 2.26. The van der Waals surface area contributed by atoms with Gasteiger partial charge in [0.25, 0.3) is 0 Å². The Kier molecular flexibility index (Phi) is 4.62. The van der Waals surface area contributed by atoms with Crippen molar-refractivity contribution in [3.63, 3.8) is 0 Å². The lowest BCUT2D eigenvalue weighted by Crippen LogP contribution is -2.21. The van der Waals surface area contributed by atoms with Crippen LogP contribution < -0.4 is 5.32 Å². The van der Waals surface area contributed by atoms with E-state index in [0.29, 0.717) is 5.41 Å². The van der Waals surface area contributed by atoms with Gasteiger partial charge in [-0.1, -0.05) is 37.6 Å². The van der Waals surface area contributed by atoms with E-state index in [2.05, 4.69) is 31.3 Å². The number of halogens is 1. The van der Waals surface area contributed by atoms with E-state index in [-0.39, 0.29) is 0 Å². The number of nitrogens with one attached hydrogen (secondary N) is 1. The van der Waals surface area contributed by atoms with E-state index in [1.165, 1.54) is 12.0 Å². The zero-order chi connectivity index (χ0) is 11.3. The largest absolute Gasteiger partial charge is 0.320 e. The molecule has 1 rings (SSSR count). The van der Waals surface area contributed by atoms with Crippen molar-refractivity contribution in [2.75, 3.05) is 13.6 Å². The van der Waals surface area contributed by atoms with E-state index < -0.39 is 0 Å². The highest BCUT2D eigenvalue weighted by Gasteiger charge is 2.17. The van der Waals surface area contributed by atoms with Crippen LogP contribution in [0.4, 0.5) is 0 Å². The van der Waals surface area contributed by atoms with Crippen molar-refractivity contribution in [3.8, 4) is 0 Å². The van der Waals surface area contributed by atoms with E-state index in [1.54, 1.807) is 0 Å². The number of rotatable bonds is 5. The molecule has 84 valence electrons. The molecule has 0 aliphatic rings. The minimum Gasteiger partial charge on any atom is -0.320 e. The summed E-state index contributed by atoms with van der Waals surface area (Å²) in [4.78, 5) is 0. The fraction of sp³-hybridized carbons (Fsp3) is 0.538. The van der Waals surface area contributed by atoms with Gasteiger partial charge in [-0.3, -0.25) is 0 Å². The monoisotopic (exact) mass is 225 g/mol. The first kappa shape index (κ1) is 12.5. The third-order valence-electron chi connectivity index (χ3n) is 2.62. The van der Waals surface area contributed by atoms with Crippen molar-refractivity contribution >= 4 is 11.6 Å². The maximum Gasteiger partial charge on any atom is 0.0408 e. The lowest BCUT2D eigenvalue weighted by molar-refractivity contribution is 0.329. The highest BCUT2D eigenvalue weighted by molar-refractivity contribution is 6.30. The Morgan fingerprint density at radius 3 is 2.67 bits per heavy atom. The molecular weight excluding hydrogens is 206 g/mol. The van der Waals surface area contributed by atoms with Gasteiger partial charge in [0.2, 0.25) is 0 Å². The summed E-state index contributed by atoms with van der Waals surface area (Å²) < 4.78 is 0. The van der Waals surface area contributed by atoms with Crippen molar-refractivity contribution in [2.24, 2.45) is 5.41 Å². The van der Waals surface area contributed by atoms with Gasteiger partial charge in [-0.05, 0) is 49.5 Å². The lowest BCUT2D eigenvalue weighted by Gasteiger charge is -2.24. The quantitative estimate of drug-likeness (QED) is 0.809. The first-order valence-electron chi connectivity index (χ1n) is 5.42. The van der Waals surface area contributed by atoms with Crippen molar-refractivity contribution in [1.82, 2.24) is 5.32 Å². The van der Waals surface area contributed by atoms with Crippen LogP contribution in [0.15, 0.2) is 24.3 Å². The molecule has 1 N–H and O–H groups in total. The van der Waals surface area contributed by atoms with Gasteiger partial charge in [0.05, 0.1) is 0 Å². The van der Waals surface area contributed by atoms with Gasteiger partial charge in [0.15, 0.2) is 0 Å². The van der Waals surface area contributed by atoms with Crippen LogP contribution >= 0.6 is 11.6 Å². The molecule has 1 aromatic rings. The number of benzene rings is 1. The molecule has 0 heterocycles. The highest BCUT2D eigenvalue weighted by Crippen LogP contribution is 2.26. The molecule has 0 fully saturated rings. The maximum atomic E-state index is 5.97. The second-order valence-corrected chi connectivity index (χ2v) is 5.26. The highest BCUT2D eigenvalue weighted by atomic mass is 35.5.